The lowest BCUT2D eigenvalue weighted by atomic mass is 10.0. The Labute approximate surface area is 114 Å². The highest BCUT2D eigenvalue weighted by molar-refractivity contribution is 7.85. The van der Waals surface area contributed by atoms with Crippen LogP contribution in [0.5, 0.6) is 0 Å². The maximum absolute atomic E-state index is 11.2. The van der Waals surface area contributed by atoms with Gasteiger partial charge in [0.15, 0.2) is 0 Å². The minimum Gasteiger partial charge on any atom is -0.282 e. The monoisotopic (exact) mass is 278 g/mol. The van der Waals surface area contributed by atoms with Crippen LogP contribution in [0.3, 0.4) is 0 Å². The van der Waals surface area contributed by atoms with Gasteiger partial charge in [-0.25, -0.2) is 0 Å². The topological polar surface area (TPSA) is 54.4 Å². The second kappa shape index (κ2) is 5.55. The van der Waals surface area contributed by atoms with E-state index in [1.54, 1.807) is 13.0 Å². The molecule has 2 aromatic rings. The summed E-state index contributed by atoms with van der Waals surface area (Å²) >= 11 is 0. The Bertz CT molecular complexity index is 671. The fourth-order valence-corrected chi connectivity index (χ4v) is 2.55. The van der Waals surface area contributed by atoms with Gasteiger partial charge in [0, 0.05) is 0 Å². The highest BCUT2D eigenvalue weighted by atomic mass is 32.2. The zero-order valence-corrected chi connectivity index (χ0v) is 11.0. The summed E-state index contributed by atoms with van der Waals surface area (Å²) in [5.41, 5.74) is 3.37. The van der Waals surface area contributed by atoms with Crippen molar-refractivity contribution < 1.29 is 13.0 Å². The normalized spacial score (nSPS) is 10.9. The summed E-state index contributed by atoms with van der Waals surface area (Å²) in [4.78, 5) is -0.0411. The SMILES string of the molecule is C.Cc1ccc(-c2ccc(C)c(S(=O)(=O)O)c2)cc1. The fourth-order valence-electron chi connectivity index (χ4n) is 1.80. The maximum atomic E-state index is 11.2. The van der Waals surface area contributed by atoms with Gasteiger partial charge in [-0.3, -0.25) is 4.55 Å². The van der Waals surface area contributed by atoms with Crippen LogP contribution < -0.4 is 0 Å². The highest BCUT2D eigenvalue weighted by Crippen LogP contribution is 2.25. The Morgan fingerprint density at radius 1 is 0.895 bits per heavy atom. The van der Waals surface area contributed by atoms with Crippen LogP contribution in [-0.4, -0.2) is 13.0 Å². The summed E-state index contributed by atoms with van der Waals surface area (Å²) in [7, 11) is -4.17. The highest BCUT2D eigenvalue weighted by Gasteiger charge is 2.13. The molecule has 2 aromatic carbocycles. The van der Waals surface area contributed by atoms with Crippen molar-refractivity contribution in [3.05, 3.63) is 53.6 Å². The van der Waals surface area contributed by atoms with Gasteiger partial charge in [0.1, 0.15) is 0 Å². The molecular formula is C15H18O3S. The van der Waals surface area contributed by atoms with E-state index in [4.69, 9.17) is 4.55 Å². The first-order valence-electron chi connectivity index (χ1n) is 5.53. The first-order valence-corrected chi connectivity index (χ1v) is 6.97. The molecule has 0 atom stereocenters. The molecule has 1 N–H and O–H groups in total. The summed E-state index contributed by atoms with van der Waals surface area (Å²) in [5, 5.41) is 0. The maximum Gasteiger partial charge on any atom is 0.294 e. The molecule has 0 aliphatic heterocycles. The van der Waals surface area contributed by atoms with E-state index in [0.29, 0.717) is 5.56 Å². The quantitative estimate of drug-likeness (QED) is 0.849. The van der Waals surface area contributed by atoms with E-state index in [-0.39, 0.29) is 12.3 Å². The summed E-state index contributed by atoms with van der Waals surface area (Å²) in [6, 6.07) is 12.8. The molecule has 0 fully saturated rings. The van der Waals surface area contributed by atoms with Gasteiger partial charge in [-0.2, -0.15) is 8.42 Å². The predicted molar refractivity (Wildman–Crippen MR) is 77.9 cm³/mol. The van der Waals surface area contributed by atoms with Gasteiger partial charge in [0.2, 0.25) is 0 Å². The molecule has 3 nitrogen and oxygen atoms in total. The largest absolute Gasteiger partial charge is 0.294 e. The van der Waals surface area contributed by atoms with Crippen LogP contribution in [0.4, 0.5) is 0 Å². The van der Waals surface area contributed by atoms with E-state index >= 15 is 0 Å². The van der Waals surface area contributed by atoms with Gasteiger partial charge in [0.05, 0.1) is 4.90 Å². The number of hydrogen-bond donors (Lipinski definition) is 1. The summed E-state index contributed by atoms with van der Waals surface area (Å²) in [6.07, 6.45) is 0. The van der Waals surface area contributed by atoms with Gasteiger partial charge >= 0.3 is 0 Å². The molecule has 0 saturated heterocycles. The second-order valence-corrected chi connectivity index (χ2v) is 5.71. The van der Waals surface area contributed by atoms with E-state index in [1.165, 1.54) is 6.07 Å². The summed E-state index contributed by atoms with van der Waals surface area (Å²) < 4.78 is 31.7. The van der Waals surface area contributed by atoms with E-state index in [2.05, 4.69) is 0 Å². The molecule has 0 aliphatic carbocycles. The van der Waals surface area contributed by atoms with Crippen molar-refractivity contribution in [2.45, 2.75) is 26.2 Å². The van der Waals surface area contributed by atoms with E-state index in [1.807, 2.05) is 37.3 Å². The number of benzene rings is 2. The first kappa shape index (κ1) is 15.4. The predicted octanol–water partition coefficient (Wildman–Crippen LogP) is 3.85. The average Bonchev–Trinajstić information content (AvgIpc) is 2.29. The number of rotatable bonds is 2. The Balaban J connectivity index is 0.00000180. The van der Waals surface area contributed by atoms with Crippen molar-refractivity contribution in [2.75, 3.05) is 0 Å². The van der Waals surface area contributed by atoms with Crippen LogP contribution in [0.15, 0.2) is 47.4 Å². The third-order valence-corrected chi connectivity index (χ3v) is 3.85. The van der Waals surface area contributed by atoms with E-state index in [9.17, 15) is 8.42 Å². The van der Waals surface area contributed by atoms with Crippen molar-refractivity contribution in [3.63, 3.8) is 0 Å². The molecule has 19 heavy (non-hydrogen) atoms. The molecule has 0 bridgehead atoms. The minimum absolute atomic E-state index is 0. The lowest BCUT2D eigenvalue weighted by molar-refractivity contribution is 0.482. The number of hydrogen-bond acceptors (Lipinski definition) is 2. The lowest BCUT2D eigenvalue weighted by Gasteiger charge is -2.07. The van der Waals surface area contributed by atoms with Crippen molar-refractivity contribution in [2.24, 2.45) is 0 Å². The fraction of sp³-hybridized carbons (Fsp3) is 0.200. The Morgan fingerprint density at radius 2 is 1.42 bits per heavy atom. The molecule has 0 spiro atoms. The van der Waals surface area contributed by atoms with Gasteiger partial charge in [-0.1, -0.05) is 49.4 Å². The molecule has 0 aliphatic rings. The van der Waals surface area contributed by atoms with Crippen LogP contribution >= 0.6 is 0 Å². The van der Waals surface area contributed by atoms with Crippen LogP contribution in [0.1, 0.15) is 18.6 Å². The molecule has 4 heteroatoms. The standard InChI is InChI=1S/C14H14O3S.CH4/c1-10-3-6-12(7-4-10)13-8-5-11(2)14(9-13)18(15,16)17;/h3-9H,1-2H3,(H,15,16,17);1H4. The molecule has 0 unspecified atom stereocenters. The van der Waals surface area contributed by atoms with Gasteiger partial charge < -0.3 is 0 Å². The summed E-state index contributed by atoms with van der Waals surface area (Å²) in [6.45, 7) is 3.64. The minimum atomic E-state index is -4.17. The molecule has 102 valence electrons. The molecule has 0 amide bonds. The molecule has 0 saturated carbocycles. The van der Waals surface area contributed by atoms with Crippen LogP contribution in [0.2, 0.25) is 0 Å². The Hall–Kier alpha value is -1.65. The van der Waals surface area contributed by atoms with Gasteiger partial charge in [-0.15, -0.1) is 0 Å². The Morgan fingerprint density at radius 3 is 1.95 bits per heavy atom. The van der Waals surface area contributed by atoms with Crippen molar-refractivity contribution in [3.8, 4) is 11.1 Å². The van der Waals surface area contributed by atoms with Gasteiger partial charge in [-0.05, 0) is 36.6 Å². The Kier molecular flexibility index (Phi) is 4.50. The first-order chi connectivity index (χ1) is 8.38. The molecular weight excluding hydrogens is 260 g/mol. The molecule has 0 heterocycles. The molecule has 0 radical (unpaired) electrons. The van der Waals surface area contributed by atoms with E-state index < -0.39 is 10.1 Å². The van der Waals surface area contributed by atoms with E-state index in [0.717, 1.165) is 16.7 Å². The molecule has 0 aromatic heterocycles. The summed E-state index contributed by atoms with van der Waals surface area (Å²) in [5.74, 6) is 0. The van der Waals surface area contributed by atoms with Gasteiger partial charge in [0.25, 0.3) is 10.1 Å². The smallest absolute Gasteiger partial charge is 0.282 e. The average molecular weight is 278 g/mol. The second-order valence-electron chi connectivity index (χ2n) is 4.32. The number of aryl methyl sites for hydroxylation is 2. The van der Waals surface area contributed by atoms with Crippen LogP contribution in [-0.2, 0) is 10.1 Å². The van der Waals surface area contributed by atoms with Crippen molar-refractivity contribution >= 4 is 10.1 Å². The third kappa shape index (κ3) is 3.43. The zero-order valence-electron chi connectivity index (χ0n) is 10.2. The zero-order chi connectivity index (χ0) is 13.3. The third-order valence-electron chi connectivity index (χ3n) is 2.85. The van der Waals surface area contributed by atoms with Crippen LogP contribution in [0, 0.1) is 13.8 Å². The van der Waals surface area contributed by atoms with Crippen molar-refractivity contribution in [1.29, 1.82) is 0 Å². The molecule has 2 rings (SSSR count). The van der Waals surface area contributed by atoms with Crippen molar-refractivity contribution in [1.82, 2.24) is 0 Å². The lowest BCUT2D eigenvalue weighted by Crippen LogP contribution is -2.01. The van der Waals surface area contributed by atoms with Crippen LogP contribution in [0.25, 0.3) is 11.1 Å².